The molecule has 0 radical (unpaired) electrons. The van der Waals surface area contributed by atoms with E-state index in [-0.39, 0.29) is 18.3 Å². The lowest BCUT2D eigenvalue weighted by molar-refractivity contribution is -0.123. The molecule has 1 saturated heterocycles. The Kier molecular flexibility index (Phi) is 8.02. The zero-order valence-electron chi connectivity index (χ0n) is 17.4. The molecule has 3 rings (SSSR count). The summed E-state index contributed by atoms with van der Waals surface area (Å²) in [6, 6.07) is 11.5. The normalized spacial score (nSPS) is 14.6. The van der Waals surface area contributed by atoms with Crippen LogP contribution >= 0.6 is 0 Å². The number of piperazine rings is 1. The molecule has 0 bridgehead atoms. The van der Waals surface area contributed by atoms with Gasteiger partial charge in [0.25, 0.3) is 5.91 Å². The Labute approximate surface area is 176 Å². The molecule has 2 aromatic carbocycles. The van der Waals surface area contributed by atoms with E-state index < -0.39 is 11.6 Å². The van der Waals surface area contributed by atoms with Gasteiger partial charge >= 0.3 is 0 Å². The fourth-order valence-electron chi connectivity index (χ4n) is 3.52. The molecule has 5 nitrogen and oxygen atoms in total. The van der Waals surface area contributed by atoms with Gasteiger partial charge in [-0.25, -0.2) is 8.78 Å². The minimum absolute atomic E-state index is 0.255. The van der Waals surface area contributed by atoms with Crippen molar-refractivity contribution in [3.63, 3.8) is 0 Å². The lowest BCUT2D eigenvalue weighted by atomic mass is 10.2. The summed E-state index contributed by atoms with van der Waals surface area (Å²) in [5.74, 6) is -1.89. The molecule has 0 aliphatic carbocycles. The SMILES string of the molecule is Cc1cccc(N2CCN(CCCCNC(=O)COc3cc(F)ccc3F)CC2)c1. The molecule has 1 aliphatic heterocycles. The Morgan fingerprint density at radius 2 is 1.87 bits per heavy atom. The molecule has 1 N–H and O–H groups in total. The second-order valence-corrected chi connectivity index (χ2v) is 7.59. The monoisotopic (exact) mass is 417 g/mol. The summed E-state index contributed by atoms with van der Waals surface area (Å²) < 4.78 is 31.6. The van der Waals surface area contributed by atoms with Gasteiger partial charge in [0.05, 0.1) is 0 Å². The summed E-state index contributed by atoms with van der Waals surface area (Å²) in [7, 11) is 0. The zero-order chi connectivity index (χ0) is 21.3. The van der Waals surface area contributed by atoms with Gasteiger partial charge in [-0.1, -0.05) is 12.1 Å². The third-order valence-electron chi connectivity index (χ3n) is 5.21. The number of carbonyl (C=O) groups is 1. The van der Waals surface area contributed by atoms with E-state index in [9.17, 15) is 13.6 Å². The first-order valence-corrected chi connectivity index (χ1v) is 10.4. The smallest absolute Gasteiger partial charge is 0.257 e. The maximum absolute atomic E-state index is 13.5. The Morgan fingerprint density at radius 1 is 1.07 bits per heavy atom. The van der Waals surface area contributed by atoms with Crippen molar-refractivity contribution in [1.29, 1.82) is 0 Å². The van der Waals surface area contributed by atoms with E-state index in [2.05, 4.69) is 46.3 Å². The molecular formula is C23H29F2N3O2. The Hall–Kier alpha value is -2.67. The van der Waals surface area contributed by atoms with Crippen molar-refractivity contribution in [2.24, 2.45) is 0 Å². The number of halogens is 2. The van der Waals surface area contributed by atoms with Crippen LogP contribution in [0.2, 0.25) is 0 Å². The molecule has 1 amide bonds. The fraction of sp³-hybridized carbons (Fsp3) is 0.435. The topological polar surface area (TPSA) is 44.8 Å². The predicted octanol–water partition coefficient (Wildman–Crippen LogP) is 3.37. The molecule has 2 aromatic rings. The largest absolute Gasteiger partial charge is 0.481 e. The Morgan fingerprint density at radius 3 is 2.63 bits per heavy atom. The van der Waals surface area contributed by atoms with E-state index in [0.717, 1.165) is 63.8 Å². The molecule has 1 aliphatic rings. The van der Waals surface area contributed by atoms with Gasteiger partial charge in [0.1, 0.15) is 5.82 Å². The fourth-order valence-corrected chi connectivity index (χ4v) is 3.52. The molecule has 0 atom stereocenters. The average molecular weight is 418 g/mol. The van der Waals surface area contributed by atoms with E-state index in [0.29, 0.717) is 6.54 Å². The van der Waals surface area contributed by atoms with Gasteiger partial charge in [0.15, 0.2) is 18.2 Å². The van der Waals surface area contributed by atoms with Crippen molar-refractivity contribution < 1.29 is 18.3 Å². The van der Waals surface area contributed by atoms with E-state index in [1.165, 1.54) is 11.3 Å². The van der Waals surface area contributed by atoms with Crippen LogP contribution in [0.5, 0.6) is 5.75 Å². The molecule has 162 valence electrons. The number of hydrogen-bond donors (Lipinski definition) is 1. The number of aryl methyl sites for hydroxylation is 1. The molecule has 7 heteroatoms. The number of nitrogens with zero attached hydrogens (tertiary/aromatic N) is 2. The predicted molar refractivity (Wildman–Crippen MR) is 114 cm³/mol. The van der Waals surface area contributed by atoms with Crippen molar-refractivity contribution in [2.45, 2.75) is 19.8 Å². The maximum Gasteiger partial charge on any atom is 0.257 e. The molecule has 1 heterocycles. The van der Waals surface area contributed by atoms with E-state index in [1.807, 2.05) is 0 Å². The number of anilines is 1. The van der Waals surface area contributed by atoms with Crippen molar-refractivity contribution >= 4 is 11.6 Å². The van der Waals surface area contributed by atoms with Crippen LogP contribution in [0.1, 0.15) is 18.4 Å². The molecule has 30 heavy (non-hydrogen) atoms. The molecule has 0 unspecified atom stereocenters. The number of carbonyl (C=O) groups excluding carboxylic acids is 1. The first kappa shape index (κ1) is 22.0. The first-order chi connectivity index (χ1) is 14.5. The van der Waals surface area contributed by atoms with Crippen LogP contribution in [0.25, 0.3) is 0 Å². The van der Waals surface area contributed by atoms with Crippen LogP contribution in [-0.2, 0) is 4.79 Å². The van der Waals surface area contributed by atoms with Gasteiger partial charge in [-0.15, -0.1) is 0 Å². The Bertz CT molecular complexity index is 839. The van der Waals surface area contributed by atoms with Crippen LogP contribution in [-0.4, -0.2) is 56.7 Å². The lowest BCUT2D eigenvalue weighted by Gasteiger charge is -2.36. The molecular weight excluding hydrogens is 388 g/mol. The van der Waals surface area contributed by atoms with Crippen molar-refractivity contribution in [1.82, 2.24) is 10.2 Å². The number of nitrogens with one attached hydrogen (secondary N) is 1. The number of ether oxygens (including phenoxy) is 1. The number of benzene rings is 2. The molecule has 0 spiro atoms. The third kappa shape index (κ3) is 6.69. The maximum atomic E-state index is 13.5. The lowest BCUT2D eigenvalue weighted by Crippen LogP contribution is -2.46. The first-order valence-electron chi connectivity index (χ1n) is 10.4. The highest BCUT2D eigenvalue weighted by Gasteiger charge is 2.16. The number of unbranched alkanes of at least 4 members (excludes halogenated alkanes) is 1. The third-order valence-corrected chi connectivity index (χ3v) is 5.21. The molecule has 1 fully saturated rings. The van der Waals surface area contributed by atoms with Gasteiger partial charge in [-0.05, 0) is 56.1 Å². The van der Waals surface area contributed by atoms with Crippen molar-refractivity contribution in [3.05, 3.63) is 59.7 Å². The standard InChI is InChI=1S/C23H29F2N3O2/c1-18-5-4-6-20(15-18)28-13-11-27(12-14-28)10-3-2-9-26-23(29)17-30-22-16-19(24)7-8-21(22)25/h4-8,15-16H,2-3,9-14,17H2,1H3,(H,26,29). The van der Waals surface area contributed by atoms with Crippen LogP contribution in [0.4, 0.5) is 14.5 Å². The number of rotatable bonds is 9. The van der Waals surface area contributed by atoms with Gasteiger partial charge < -0.3 is 15.0 Å². The van der Waals surface area contributed by atoms with Crippen LogP contribution < -0.4 is 15.0 Å². The van der Waals surface area contributed by atoms with Gasteiger partial charge in [-0.2, -0.15) is 0 Å². The average Bonchev–Trinajstić information content (AvgIpc) is 2.74. The van der Waals surface area contributed by atoms with E-state index in [4.69, 9.17) is 4.74 Å². The van der Waals surface area contributed by atoms with Crippen LogP contribution in [0.3, 0.4) is 0 Å². The highest BCUT2D eigenvalue weighted by atomic mass is 19.1. The summed E-state index contributed by atoms with van der Waals surface area (Å²) in [5, 5.41) is 2.75. The zero-order valence-corrected chi connectivity index (χ0v) is 17.4. The minimum Gasteiger partial charge on any atom is -0.481 e. The summed E-state index contributed by atoms with van der Waals surface area (Å²) in [6.45, 7) is 7.44. The van der Waals surface area contributed by atoms with Gasteiger partial charge in [0.2, 0.25) is 0 Å². The van der Waals surface area contributed by atoms with Crippen LogP contribution in [0.15, 0.2) is 42.5 Å². The second-order valence-electron chi connectivity index (χ2n) is 7.59. The summed E-state index contributed by atoms with van der Waals surface area (Å²) >= 11 is 0. The summed E-state index contributed by atoms with van der Waals surface area (Å²) in [6.07, 6.45) is 1.85. The number of amides is 1. The van der Waals surface area contributed by atoms with Crippen molar-refractivity contribution in [2.75, 3.05) is 50.8 Å². The minimum atomic E-state index is -0.688. The quantitative estimate of drug-likeness (QED) is 0.636. The second kappa shape index (κ2) is 10.9. The number of hydrogen-bond acceptors (Lipinski definition) is 4. The van der Waals surface area contributed by atoms with Gasteiger partial charge in [0, 0.05) is 44.5 Å². The molecule has 0 saturated carbocycles. The summed E-state index contributed by atoms with van der Waals surface area (Å²) in [5.41, 5.74) is 2.57. The van der Waals surface area contributed by atoms with E-state index >= 15 is 0 Å². The Balaban J connectivity index is 1.26. The van der Waals surface area contributed by atoms with E-state index in [1.54, 1.807) is 0 Å². The molecule has 0 aromatic heterocycles. The van der Waals surface area contributed by atoms with Crippen LogP contribution in [0, 0.1) is 18.6 Å². The van der Waals surface area contributed by atoms with Gasteiger partial charge in [-0.3, -0.25) is 9.69 Å². The van der Waals surface area contributed by atoms with Crippen molar-refractivity contribution in [3.8, 4) is 5.75 Å². The highest BCUT2D eigenvalue weighted by Crippen LogP contribution is 2.18. The summed E-state index contributed by atoms with van der Waals surface area (Å²) in [4.78, 5) is 16.7. The highest BCUT2D eigenvalue weighted by molar-refractivity contribution is 5.77.